The summed E-state index contributed by atoms with van der Waals surface area (Å²) in [6.45, 7) is 35.1. The van der Waals surface area contributed by atoms with Gasteiger partial charge in [-0.3, -0.25) is 0 Å². The maximum absolute atomic E-state index is 4.15. The molecular weight excluding hydrogens is 1410 g/mol. The Balaban J connectivity index is 0.959. The number of rotatable bonds is 7. The predicted octanol–water partition coefficient (Wildman–Crippen LogP) is 25.6. The first-order valence-corrected chi connectivity index (χ1v) is 42.2. The first-order chi connectivity index (χ1) is 56.2. The van der Waals surface area contributed by atoms with Crippen molar-refractivity contribution in [3.05, 3.63) is 366 Å². The van der Waals surface area contributed by atoms with E-state index in [1.807, 2.05) is 0 Å². The fraction of sp³-hybridized carbons (Fsp3) is 0.189. The van der Waals surface area contributed by atoms with Gasteiger partial charge in [-0.15, -0.1) is 0 Å². The lowest BCUT2D eigenvalue weighted by Crippen LogP contribution is -2.65. The van der Waals surface area contributed by atoms with Crippen LogP contribution in [0.3, 0.4) is 0 Å². The molecule has 0 amide bonds. The van der Waals surface area contributed by atoms with E-state index < -0.39 is 5.41 Å². The predicted molar refractivity (Wildman–Crippen MR) is 501 cm³/mol. The molecule has 15 aromatic carbocycles. The number of benzene rings is 15. The lowest BCUT2D eigenvalue weighted by atomic mass is 9.30. The van der Waals surface area contributed by atoms with Crippen LogP contribution in [0.2, 0.25) is 0 Å². The van der Waals surface area contributed by atoms with Crippen LogP contribution in [0.15, 0.2) is 315 Å². The summed E-state index contributed by atoms with van der Waals surface area (Å²) in [5.41, 5.74) is 44.9. The SMILES string of the molecule is CC(C)(C)c1ccc(N2c3cc4c(cc3B3c5ccccc5Nc5cc(C(C)(C)C)cc2c53)B2c3ccc(C(C)(C)C)cc3N(c3ccc(C(C)(C)C)cc3-c3ccccc3)c3cc(-c5cccc6c5C5(c7ccccc7-c7ccccc75)c5ccccc5-6)cc(c32)N4c2ccc(C(C)(C)C)cc2-c2ccccc2)c(-c2ccccc2)c1. The molecule has 6 aliphatic rings. The molecular formula is C111H98B2N4. The summed E-state index contributed by atoms with van der Waals surface area (Å²) in [4.78, 5) is 8.22. The number of hydrogen-bond donors (Lipinski definition) is 1. The molecule has 15 aromatic rings. The van der Waals surface area contributed by atoms with Gasteiger partial charge in [0.05, 0.1) is 22.5 Å². The molecule has 4 aliphatic heterocycles. The second kappa shape index (κ2) is 25.8. The van der Waals surface area contributed by atoms with E-state index in [-0.39, 0.29) is 40.5 Å². The topological polar surface area (TPSA) is 21.8 Å². The molecule has 0 aromatic heterocycles. The number of anilines is 11. The maximum Gasteiger partial charge on any atom is 0.252 e. The minimum absolute atomic E-state index is 0.134. The second-order valence-electron chi connectivity index (χ2n) is 38.9. The number of nitrogens with one attached hydrogen (secondary N) is 1. The average Bonchev–Trinajstić information content (AvgIpc) is 1.61. The fourth-order valence-corrected chi connectivity index (χ4v) is 20.7. The standard InChI is InChI=1S/C111H98B2N4/c1-106(2,3)72-51-55-94(82(60-72)68-34-19-16-20-35-68)115-97-64-75(109(10,11)12)50-54-89(97)113-91-66-90-98(117(96-57-53-74(108(7,8)9)62-84(96)70-38-23-18-24-39-70)102-65-76(110(13,14)15)63-93-104(102)112(90)88-48-31-32-49-92(88)114-93)67-99(91)116(95-56-52-73(107(4,5)6)61-83(95)69-36-21-17-22-37-69)101-59-71(58-100(115)105(101)113)77-43-33-44-81-80-42-27-30-47-87(80)111(103(77)81)85-45-28-25-40-78(85)79-41-26-29-46-86(79)111/h16-67,114H,1-15H3. The third kappa shape index (κ3) is 11.0. The van der Waals surface area contributed by atoms with E-state index >= 15 is 0 Å². The van der Waals surface area contributed by atoms with Gasteiger partial charge >= 0.3 is 0 Å². The molecule has 2 aliphatic carbocycles. The van der Waals surface area contributed by atoms with Crippen molar-refractivity contribution in [3.8, 4) is 66.8 Å². The Bertz CT molecular complexity index is 6590. The maximum atomic E-state index is 4.15. The summed E-state index contributed by atoms with van der Waals surface area (Å²) < 4.78 is 0. The van der Waals surface area contributed by atoms with Crippen LogP contribution in [0.1, 0.15) is 154 Å². The molecule has 0 radical (unpaired) electrons. The quantitative estimate of drug-likeness (QED) is 0.161. The highest BCUT2D eigenvalue weighted by Crippen LogP contribution is 2.65. The highest BCUT2D eigenvalue weighted by Gasteiger charge is 2.54. The van der Waals surface area contributed by atoms with E-state index in [4.69, 9.17) is 0 Å². The van der Waals surface area contributed by atoms with Crippen LogP contribution in [0.25, 0.3) is 66.8 Å². The number of fused-ring (bicyclic) bond motifs is 18. The van der Waals surface area contributed by atoms with E-state index in [9.17, 15) is 0 Å². The molecule has 1 N–H and O–H groups in total. The van der Waals surface area contributed by atoms with Crippen LogP contribution in [-0.2, 0) is 32.5 Å². The molecule has 21 rings (SSSR count). The molecule has 4 nitrogen and oxygen atoms in total. The Labute approximate surface area is 692 Å². The van der Waals surface area contributed by atoms with Gasteiger partial charge in [-0.2, -0.15) is 0 Å². The largest absolute Gasteiger partial charge is 0.356 e. The molecule has 0 fully saturated rings. The van der Waals surface area contributed by atoms with Crippen LogP contribution >= 0.6 is 0 Å². The lowest BCUT2D eigenvalue weighted by molar-refractivity contribution is 0.590. The van der Waals surface area contributed by atoms with Crippen molar-refractivity contribution in [2.24, 2.45) is 0 Å². The minimum Gasteiger partial charge on any atom is -0.356 e. The van der Waals surface area contributed by atoms with Gasteiger partial charge in [-0.05, 0) is 239 Å². The first kappa shape index (κ1) is 72.3. The third-order valence-corrected chi connectivity index (χ3v) is 26.6. The van der Waals surface area contributed by atoms with Crippen molar-refractivity contribution in [3.63, 3.8) is 0 Å². The molecule has 0 saturated carbocycles. The van der Waals surface area contributed by atoms with Crippen molar-refractivity contribution in [2.45, 2.75) is 136 Å². The van der Waals surface area contributed by atoms with Crippen molar-refractivity contribution in [1.82, 2.24) is 0 Å². The Morgan fingerprint density at radius 1 is 0.222 bits per heavy atom. The Kier molecular flexibility index (Phi) is 16.0. The van der Waals surface area contributed by atoms with Crippen molar-refractivity contribution in [1.29, 1.82) is 0 Å². The monoisotopic (exact) mass is 1510 g/mol. The van der Waals surface area contributed by atoms with Gasteiger partial charge in [-0.1, -0.05) is 340 Å². The van der Waals surface area contributed by atoms with Gasteiger partial charge in [0, 0.05) is 62.2 Å². The molecule has 0 saturated heterocycles. The van der Waals surface area contributed by atoms with Gasteiger partial charge in [0.15, 0.2) is 0 Å². The third-order valence-electron chi connectivity index (χ3n) is 26.6. The number of para-hydroxylation sites is 1. The Morgan fingerprint density at radius 3 is 1.04 bits per heavy atom. The van der Waals surface area contributed by atoms with Crippen molar-refractivity contribution >= 4 is 109 Å². The summed E-state index contributed by atoms with van der Waals surface area (Å²) >= 11 is 0. The Morgan fingerprint density at radius 2 is 0.581 bits per heavy atom. The van der Waals surface area contributed by atoms with E-state index in [1.54, 1.807) is 0 Å². The number of hydrogen-bond acceptors (Lipinski definition) is 4. The van der Waals surface area contributed by atoms with Crippen LogP contribution in [0.5, 0.6) is 0 Å². The van der Waals surface area contributed by atoms with E-state index in [0.717, 1.165) is 62.3 Å². The van der Waals surface area contributed by atoms with Gasteiger partial charge < -0.3 is 20.0 Å². The van der Waals surface area contributed by atoms with Crippen LogP contribution in [-0.4, -0.2) is 13.4 Å². The molecule has 6 heteroatoms. The molecule has 1 spiro atoms. The van der Waals surface area contributed by atoms with E-state index in [1.165, 1.54) is 150 Å². The van der Waals surface area contributed by atoms with E-state index in [2.05, 4.69) is 439 Å². The zero-order valence-electron chi connectivity index (χ0n) is 70.0. The normalized spacial score (nSPS) is 14.3. The Hall–Kier alpha value is -12.4. The average molecular weight is 1510 g/mol. The van der Waals surface area contributed by atoms with Gasteiger partial charge in [0.25, 0.3) is 13.4 Å². The lowest BCUT2D eigenvalue weighted by Gasteiger charge is -2.47. The summed E-state index contributed by atoms with van der Waals surface area (Å²) in [6.07, 6.45) is 0. The number of nitrogens with zero attached hydrogens (tertiary/aromatic N) is 3. The zero-order valence-corrected chi connectivity index (χ0v) is 70.0. The summed E-state index contributed by atoms with van der Waals surface area (Å²) in [5, 5.41) is 4.15. The summed E-state index contributed by atoms with van der Waals surface area (Å²) in [6, 6.07) is 124. The van der Waals surface area contributed by atoms with Gasteiger partial charge in [0.2, 0.25) is 0 Å². The molecule has 117 heavy (non-hydrogen) atoms. The smallest absolute Gasteiger partial charge is 0.252 e. The first-order valence-electron chi connectivity index (χ1n) is 42.2. The molecule has 0 unspecified atom stereocenters. The fourth-order valence-electron chi connectivity index (χ4n) is 20.7. The molecule has 4 heterocycles. The highest BCUT2D eigenvalue weighted by molar-refractivity contribution is 7.03. The van der Waals surface area contributed by atoms with Gasteiger partial charge in [-0.25, -0.2) is 0 Å². The summed E-state index contributed by atoms with van der Waals surface area (Å²) in [5.74, 6) is 0. The van der Waals surface area contributed by atoms with Gasteiger partial charge in [0.1, 0.15) is 0 Å². The van der Waals surface area contributed by atoms with Crippen LogP contribution < -0.4 is 52.8 Å². The highest BCUT2D eigenvalue weighted by atomic mass is 15.2. The van der Waals surface area contributed by atoms with Crippen molar-refractivity contribution in [2.75, 3.05) is 20.0 Å². The minimum atomic E-state index is -0.652. The van der Waals surface area contributed by atoms with E-state index in [0.29, 0.717) is 0 Å². The molecule has 0 bridgehead atoms. The van der Waals surface area contributed by atoms with Crippen LogP contribution in [0.4, 0.5) is 62.6 Å². The van der Waals surface area contributed by atoms with Crippen LogP contribution in [0, 0.1) is 0 Å². The summed E-state index contributed by atoms with van der Waals surface area (Å²) in [7, 11) is 0. The second-order valence-corrected chi connectivity index (χ2v) is 38.9. The van der Waals surface area contributed by atoms with Crippen molar-refractivity contribution < 1.29 is 0 Å². The zero-order chi connectivity index (χ0) is 80.3. The molecule has 0 atom stereocenters. The molecule has 568 valence electrons.